The molecule has 0 amide bonds. The van der Waals surface area contributed by atoms with Crippen LogP contribution in [-0.4, -0.2) is 26.4 Å². The first-order chi connectivity index (χ1) is 12.3. The van der Waals surface area contributed by atoms with Crippen molar-refractivity contribution >= 4 is 11.6 Å². The van der Waals surface area contributed by atoms with Crippen LogP contribution in [0, 0.1) is 0 Å². The summed E-state index contributed by atoms with van der Waals surface area (Å²) in [5.41, 5.74) is 4.95. The average Bonchev–Trinajstić information content (AvgIpc) is 3.12. The minimum atomic E-state index is 0.305. The number of aromatic nitrogens is 3. The monoisotopic (exact) mass is 352 g/mol. The van der Waals surface area contributed by atoms with E-state index in [-0.39, 0.29) is 0 Å². The fraction of sp³-hybridized carbons (Fsp3) is 0.300. The molecule has 0 aliphatic carbocycles. The third-order valence-corrected chi connectivity index (χ3v) is 5.28. The number of nitrogens with zero attached hydrogens (tertiary/aromatic N) is 3. The number of aryl methyl sites for hydroxylation is 1. The molecular weight excluding hydrogens is 332 g/mol. The van der Waals surface area contributed by atoms with Crippen molar-refractivity contribution in [2.75, 3.05) is 6.54 Å². The summed E-state index contributed by atoms with van der Waals surface area (Å²) >= 11 is 6.33. The summed E-state index contributed by atoms with van der Waals surface area (Å²) in [4.78, 5) is 14.5. The number of fused-ring (bicyclic) bond motifs is 1. The number of nitrogens with one attached hydrogen (secondary N) is 1. The van der Waals surface area contributed by atoms with Crippen LogP contribution in [0.25, 0.3) is 0 Å². The van der Waals surface area contributed by atoms with Gasteiger partial charge in [-0.3, -0.25) is 9.88 Å². The van der Waals surface area contributed by atoms with Crippen LogP contribution in [0.2, 0.25) is 5.02 Å². The number of hydrogen-bond donors (Lipinski definition) is 1. The smallest absolute Gasteiger partial charge is 0.0925 e. The van der Waals surface area contributed by atoms with Gasteiger partial charge in [0.2, 0.25) is 0 Å². The highest BCUT2D eigenvalue weighted by atomic mass is 35.5. The van der Waals surface area contributed by atoms with Gasteiger partial charge in [-0.1, -0.05) is 41.9 Å². The molecule has 2 aromatic heterocycles. The number of aromatic amines is 1. The molecule has 1 N–H and O–H groups in total. The van der Waals surface area contributed by atoms with E-state index in [0.717, 1.165) is 42.9 Å². The van der Waals surface area contributed by atoms with E-state index in [1.807, 2.05) is 18.6 Å². The molecule has 4 rings (SSSR count). The Bertz CT molecular complexity index is 830. The molecule has 1 aliphatic heterocycles. The average molecular weight is 353 g/mol. The first-order valence-corrected chi connectivity index (χ1v) is 9.07. The van der Waals surface area contributed by atoms with Gasteiger partial charge in [-0.2, -0.15) is 0 Å². The number of rotatable bonds is 5. The molecule has 0 unspecified atom stereocenters. The molecule has 3 aromatic rings. The highest BCUT2D eigenvalue weighted by Crippen LogP contribution is 2.33. The lowest BCUT2D eigenvalue weighted by atomic mass is 9.95. The van der Waals surface area contributed by atoms with Gasteiger partial charge < -0.3 is 4.98 Å². The fourth-order valence-corrected chi connectivity index (χ4v) is 3.79. The van der Waals surface area contributed by atoms with Crippen LogP contribution in [0.3, 0.4) is 0 Å². The van der Waals surface area contributed by atoms with Crippen LogP contribution in [0.15, 0.2) is 55.1 Å². The number of pyridine rings is 1. The van der Waals surface area contributed by atoms with E-state index in [1.54, 1.807) is 6.20 Å². The number of benzene rings is 1. The van der Waals surface area contributed by atoms with Gasteiger partial charge in [0, 0.05) is 37.6 Å². The van der Waals surface area contributed by atoms with E-state index in [4.69, 9.17) is 11.6 Å². The zero-order chi connectivity index (χ0) is 17.1. The van der Waals surface area contributed by atoms with Gasteiger partial charge in [0.25, 0.3) is 0 Å². The lowest BCUT2D eigenvalue weighted by Crippen LogP contribution is -2.35. The molecule has 25 heavy (non-hydrogen) atoms. The van der Waals surface area contributed by atoms with Crippen LogP contribution in [0.1, 0.15) is 35.0 Å². The Balaban J connectivity index is 1.56. The molecule has 0 bridgehead atoms. The summed E-state index contributed by atoms with van der Waals surface area (Å²) in [5.74, 6) is 0. The van der Waals surface area contributed by atoms with E-state index >= 15 is 0 Å². The van der Waals surface area contributed by atoms with E-state index < -0.39 is 0 Å². The molecule has 128 valence electrons. The van der Waals surface area contributed by atoms with E-state index in [9.17, 15) is 0 Å². The Kier molecular flexibility index (Phi) is 4.81. The highest BCUT2D eigenvalue weighted by Gasteiger charge is 2.29. The zero-order valence-electron chi connectivity index (χ0n) is 14.0. The molecule has 4 nitrogen and oxygen atoms in total. The predicted octanol–water partition coefficient (Wildman–Crippen LogP) is 4.19. The van der Waals surface area contributed by atoms with Crippen molar-refractivity contribution in [1.29, 1.82) is 0 Å². The molecule has 1 aromatic carbocycles. The third kappa shape index (κ3) is 3.60. The van der Waals surface area contributed by atoms with Crippen LogP contribution >= 0.6 is 11.6 Å². The van der Waals surface area contributed by atoms with Crippen molar-refractivity contribution in [2.45, 2.75) is 31.8 Å². The van der Waals surface area contributed by atoms with Gasteiger partial charge in [0.05, 0.1) is 23.1 Å². The van der Waals surface area contributed by atoms with Gasteiger partial charge >= 0.3 is 0 Å². The summed E-state index contributed by atoms with van der Waals surface area (Å²) in [6, 6.07) is 13.0. The first kappa shape index (κ1) is 16.3. The fourth-order valence-electron chi connectivity index (χ4n) is 3.61. The van der Waals surface area contributed by atoms with Crippen molar-refractivity contribution in [3.05, 3.63) is 82.7 Å². The zero-order valence-corrected chi connectivity index (χ0v) is 14.8. The van der Waals surface area contributed by atoms with Crippen LogP contribution in [0.5, 0.6) is 0 Å². The first-order valence-electron chi connectivity index (χ1n) is 8.70. The largest absolute Gasteiger partial charge is 0.348 e. The number of H-pyrrole nitrogens is 1. The summed E-state index contributed by atoms with van der Waals surface area (Å²) < 4.78 is 0. The van der Waals surface area contributed by atoms with Crippen molar-refractivity contribution in [1.82, 2.24) is 19.9 Å². The molecule has 0 saturated carbocycles. The van der Waals surface area contributed by atoms with Crippen LogP contribution in [0.4, 0.5) is 0 Å². The second-order valence-electron chi connectivity index (χ2n) is 6.49. The Morgan fingerprint density at radius 3 is 2.92 bits per heavy atom. The van der Waals surface area contributed by atoms with Gasteiger partial charge in [-0.25, -0.2) is 4.98 Å². The second-order valence-corrected chi connectivity index (χ2v) is 6.90. The molecular formula is C20H21ClN4. The topological polar surface area (TPSA) is 44.8 Å². The second kappa shape index (κ2) is 7.38. The normalized spacial score (nSPS) is 17.4. The summed E-state index contributed by atoms with van der Waals surface area (Å²) in [7, 11) is 0. The minimum Gasteiger partial charge on any atom is -0.348 e. The van der Waals surface area contributed by atoms with Crippen LogP contribution < -0.4 is 0 Å². The molecule has 0 saturated heterocycles. The lowest BCUT2D eigenvalue weighted by molar-refractivity contribution is 0.163. The summed E-state index contributed by atoms with van der Waals surface area (Å²) in [5, 5.41) is 0.733. The highest BCUT2D eigenvalue weighted by molar-refractivity contribution is 6.31. The minimum absolute atomic E-state index is 0.305. The quantitative estimate of drug-likeness (QED) is 0.748. The number of imidazole rings is 1. The molecule has 1 aliphatic rings. The standard InChI is InChI=1S/C20H21ClN4/c21-17-12-22-10-8-16(17)13-25-11-9-18-20(24-14-23-18)19(25)7-6-15-4-2-1-3-5-15/h1-5,8,10,12,14,19H,6-7,9,11,13H2,(H,23,24)/t19-/m0/s1. The number of hydrogen-bond acceptors (Lipinski definition) is 3. The molecule has 0 fully saturated rings. The predicted molar refractivity (Wildman–Crippen MR) is 99.5 cm³/mol. The van der Waals surface area contributed by atoms with E-state index in [2.05, 4.69) is 50.2 Å². The maximum Gasteiger partial charge on any atom is 0.0925 e. The van der Waals surface area contributed by atoms with Gasteiger partial charge in [-0.05, 0) is 30.0 Å². The Morgan fingerprint density at radius 1 is 1.20 bits per heavy atom. The molecule has 3 heterocycles. The molecule has 5 heteroatoms. The Morgan fingerprint density at radius 2 is 2.08 bits per heavy atom. The van der Waals surface area contributed by atoms with Crippen LogP contribution in [-0.2, 0) is 19.4 Å². The van der Waals surface area contributed by atoms with Gasteiger partial charge in [-0.15, -0.1) is 0 Å². The SMILES string of the molecule is Clc1cnccc1CN1CCc2[nH]cnc2[C@@H]1CCc1ccccc1. The maximum absolute atomic E-state index is 6.33. The van der Waals surface area contributed by atoms with Crippen molar-refractivity contribution in [2.24, 2.45) is 0 Å². The molecule has 0 radical (unpaired) electrons. The van der Waals surface area contributed by atoms with Crippen molar-refractivity contribution in [3.8, 4) is 0 Å². The third-order valence-electron chi connectivity index (χ3n) is 4.94. The van der Waals surface area contributed by atoms with Gasteiger partial charge in [0.15, 0.2) is 0 Å². The van der Waals surface area contributed by atoms with E-state index in [0.29, 0.717) is 6.04 Å². The lowest BCUT2D eigenvalue weighted by Gasteiger charge is -2.35. The Labute approximate surface area is 152 Å². The van der Waals surface area contributed by atoms with Crippen molar-refractivity contribution < 1.29 is 0 Å². The summed E-state index contributed by atoms with van der Waals surface area (Å²) in [6.07, 6.45) is 8.44. The van der Waals surface area contributed by atoms with E-state index in [1.165, 1.54) is 17.0 Å². The van der Waals surface area contributed by atoms with Gasteiger partial charge in [0.1, 0.15) is 0 Å². The maximum atomic E-state index is 6.33. The number of halogens is 1. The summed E-state index contributed by atoms with van der Waals surface area (Å²) in [6.45, 7) is 1.83. The molecule has 0 spiro atoms. The Hall–Kier alpha value is -2.17. The molecule has 1 atom stereocenters. The van der Waals surface area contributed by atoms with Crippen molar-refractivity contribution in [3.63, 3.8) is 0 Å².